The number of carbonyl (C=O) groups is 3. The molecule has 0 radical (unpaired) electrons. The molecule has 0 N–H and O–H groups in total. The van der Waals surface area contributed by atoms with Crippen molar-refractivity contribution in [3.8, 4) is 0 Å². The number of ketones is 2. The predicted octanol–water partition coefficient (Wildman–Crippen LogP) is 4.75. The first-order valence-electron chi connectivity index (χ1n) is 11.1. The Hall–Kier alpha value is -1.10. The Morgan fingerprint density at radius 1 is 1.10 bits per heavy atom. The fourth-order valence-corrected chi connectivity index (χ4v) is 8.23. The second kappa shape index (κ2) is 7.25. The molecule has 5 heteroatoms. The quantitative estimate of drug-likeness (QED) is 0.617. The summed E-state index contributed by atoms with van der Waals surface area (Å²) in [5, 5.41) is 0. The first-order chi connectivity index (χ1) is 13.7. The van der Waals surface area contributed by atoms with Gasteiger partial charge in [-0.2, -0.15) is 11.8 Å². The fourth-order valence-electron chi connectivity index (χ4n) is 7.73. The predicted molar refractivity (Wildman–Crippen MR) is 115 cm³/mol. The van der Waals surface area contributed by atoms with Crippen molar-refractivity contribution >= 4 is 29.3 Å². The summed E-state index contributed by atoms with van der Waals surface area (Å²) in [4.78, 5) is 37.4. The number of carbonyl (C=O) groups excluding carboxylic acids is 3. The fraction of sp³-hybridized carbons (Fsp3) is 0.792. The second-order valence-electron chi connectivity index (χ2n) is 10.2. The van der Waals surface area contributed by atoms with Gasteiger partial charge in [0.2, 0.25) is 0 Å². The van der Waals surface area contributed by atoms with Crippen molar-refractivity contribution in [2.75, 3.05) is 12.0 Å². The Morgan fingerprint density at radius 3 is 2.52 bits per heavy atom. The molecule has 0 spiro atoms. The molecule has 0 amide bonds. The van der Waals surface area contributed by atoms with Gasteiger partial charge in [0, 0.05) is 18.8 Å². The van der Waals surface area contributed by atoms with E-state index in [0.29, 0.717) is 36.3 Å². The summed E-state index contributed by atoms with van der Waals surface area (Å²) in [5.41, 5.74) is 0.237. The number of allylic oxidation sites excluding steroid dienone is 1. The molecule has 0 aromatic heterocycles. The van der Waals surface area contributed by atoms with E-state index in [1.807, 2.05) is 12.3 Å². The average molecular weight is 419 g/mol. The Morgan fingerprint density at radius 2 is 1.83 bits per heavy atom. The van der Waals surface area contributed by atoms with Crippen molar-refractivity contribution < 1.29 is 19.1 Å². The highest BCUT2D eigenvalue weighted by atomic mass is 32.2. The number of hydrogen-bond donors (Lipinski definition) is 0. The smallest absolute Gasteiger partial charge is 0.303 e. The van der Waals surface area contributed by atoms with Crippen LogP contribution < -0.4 is 0 Å². The zero-order valence-corrected chi connectivity index (χ0v) is 19.0. The van der Waals surface area contributed by atoms with Crippen LogP contribution in [0.15, 0.2) is 11.6 Å². The monoisotopic (exact) mass is 418 g/mol. The number of esters is 1. The molecule has 0 unspecified atom stereocenters. The Bertz CT molecular complexity index is 773. The van der Waals surface area contributed by atoms with Gasteiger partial charge in [-0.1, -0.05) is 19.4 Å². The van der Waals surface area contributed by atoms with Crippen molar-refractivity contribution in [2.45, 2.75) is 77.7 Å². The van der Waals surface area contributed by atoms with Crippen LogP contribution in [0.3, 0.4) is 0 Å². The molecule has 4 aliphatic rings. The zero-order valence-electron chi connectivity index (χ0n) is 18.2. The molecule has 0 heterocycles. The third-order valence-electron chi connectivity index (χ3n) is 9.13. The van der Waals surface area contributed by atoms with Gasteiger partial charge in [0.05, 0.1) is 5.75 Å². The van der Waals surface area contributed by atoms with Crippen LogP contribution in [-0.2, 0) is 19.1 Å². The van der Waals surface area contributed by atoms with Crippen molar-refractivity contribution in [3.63, 3.8) is 0 Å². The Balaban J connectivity index is 1.69. The molecule has 160 valence electrons. The molecule has 4 rings (SSSR count). The second-order valence-corrected chi connectivity index (χ2v) is 11.1. The maximum Gasteiger partial charge on any atom is 0.303 e. The van der Waals surface area contributed by atoms with Gasteiger partial charge in [-0.05, 0) is 80.4 Å². The molecule has 0 bridgehead atoms. The first-order valence-corrected chi connectivity index (χ1v) is 12.5. The maximum absolute atomic E-state index is 13.3. The normalized spacial score (nSPS) is 43.7. The molecule has 0 aromatic carbocycles. The van der Waals surface area contributed by atoms with Gasteiger partial charge < -0.3 is 4.74 Å². The first kappa shape index (κ1) is 21.1. The molecule has 3 fully saturated rings. The summed E-state index contributed by atoms with van der Waals surface area (Å²) < 4.78 is 5.95. The lowest BCUT2D eigenvalue weighted by Crippen LogP contribution is -2.59. The van der Waals surface area contributed by atoms with E-state index in [9.17, 15) is 14.4 Å². The standard InChI is InChI=1S/C24H34O4S/c1-15(25)28-24(21(27)14-29-4)12-9-20-18-6-5-16-13-17(26)7-10-22(16,2)19(18)8-11-23(20,24)3/h13,18-20H,5-12,14H2,1-4H3/t18-,19+,20+,22+,23+,24+/m1/s1. The minimum Gasteiger partial charge on any atom is -0.451 e. The summed E-state index contributed by atoms with van der Waals surface area (Å²) in [6.45, 7) is 6.03. The van der Waals surface area contributed by atoms with Crippen LogP contribution in [-0.4, -0.2) is 35.1 Å². The van der Waals surface area contributed by atoms with E-state index in [-0.39, 0.29) is 28.4 Å². The van der Waals surface area contributed by atoms with Gasteiger partial charge in [0.15, 0.2) is 17.2 Å². The number of hydrogen-bond acceptors (Lipinski definition) is 5. The van der Waals surface area contributed by atoms with E-state index >= 15 is 0 Å². The van der Waals surface area contributed by atoms with Gasteiger partial charge in [0.1, 0.15) is 0 Å². The van der Waals surface area contributed by atoms with Gasteiger partial charge in [-0.15, -0.1) is 0 Å². The summed E-state index contributed by atoms with van der Waals surface area (Å²) >= 11 is 1.52. The topological polar surface area (TPSA) is 60.4 Å². The van der Waals surface area contributed by atoms with E-state index in [4.69, 9.17) is 4.74 Å². The third-order valence-corrected chi connectivity index (χ3v) is 9.68. The van der Waals surface area contributed by atoms with Crippen LogP contribution in [0.5, 0.6) is 0 Å². The molecule has 0 aliphatic heterocycles. The van der Waals surface area contributed by atoms with E-state index in [2.05, 4.69) is 13.8 Å². The third kappa shape index (κ3) is 2.97. The van der Waals surface area contributed by atoms with E-state index in [1.54, 1.807) is 0 Å². The largest absolute Gasteiger partial charge is 0.451 e. The van der Waals surface area contributed by atoms with Crippen molar-refractivity contribution in [3.05, 3.63) is 11.6 Å². The van der Waals surface area contributed by atoms with Crippen LogP contribution in [0.2, 0.25) is 0 Å². The molecule has 0 saturated heterocycles. The maximum atomic E-state index is 13.3. The molecule has 4 nitrogen and oxygen atoms in total. The minimum absolute atomic E-state index is 0.0921. The molecule has 6 atom stereocenters. The number of Topliss-reactive ketones (excluding diaryl/α,β-unsaturated/α-hetero) is 1. The van der Waals surface area contributed by atoms with Gasteiger partial charge in [0.25, 0.3) is 0 Å². The zero-order chi connectivity index (χ0) is 21.0. The van der Waals surface area contributed by atoms with Crippen LogP contribution in [0, 0.1) is 28.6 Å². The average Bonchev–Trinajstić information content (AvgIpc) is 2.95. The molecule has 4 aliphatic carbocycles. The number of thioether (sulfide) groups is 1. The summed E-state index contributed by atoms with van der Waals surface area (Å²) in [5.74, 6) is 1.96. The number of ether oxygens (including phenoxy) is 1. The van der Waals surface area contributed by atoms with Crippen molar-refractivity contribution in [2.24, 2.45) is 28.6 Å². The molecule has 29 heavy (non-hydrogen) atoms. The molecular weight excluding hydrogens is 384 g/mol. The molecular formula is C24H34O4S. The Kier molecular flexibility index (Phi) is 5.28. The van der Waals surface area contributed by atoms with Crippen molar-refractivity contribution in [1.82, 2.24) is 0 Å². The number of rotatable bonds is 4. The van der Waals surface area contributed by atoms with E-state index < -0.39 is 5.60 Å². The Labute approximate surface area is 178 Å². The van der Waals surface area contributed by atoms with Crippen LogP contribution in [0.25, 0.3) is 0 Å². The van der Waals surface area contributed by atoms with Crippen molar-refractivity contribution in [1.29, 1.82) is 0 Å². The lowest BCUT2D eigenvalue weighted by Gasteiger charge is -2.59. The van der Waals surface area contributed by atoms with Crippen LogP contribution >= 0.6 is 11.8 Å². The van der Waals surface area contributed by atoms with E-state index in [1.165, 1.54) is 24.3 Å². The highest BCUT2D eigenvalue weighted by molar-refractivity contribution is 7.99. The highest BCUT2D eigenvalue weighted by Crippen LogP contribution is 2.68. The lowest BCUT2D eigenvalue weighted by molar-refractivity contribution is -0.187. The lowest BCUT2D eigenvalue weighted by atomic mass is 9.46. The van der Waals surface area contributed by atoms with Crippen LogP contribution in [0.1, 0.15) is 72.1 Å². The van der Waals surface area contributed by atoms with Crippen LogP contribution in [0.4, 0.5) is 0 Å². The van der Waals surface area contributed by atoms with Gasteiger partial charge in [-0.3, -0.25) is 14.4 Å². The van der Waals surface area contributed by atoms with E-state index in [0.717, 1.165) is 38.5 Å². The summed E-state index contributed by atoms with van der Waals surface area (Å²) in [7, 11) is 0. The summed E-state index contributed by atoms with van der Waals surface area (Å²) in [6, 6.07) is 0. The van der Waals surface area contributed by atoms with Gasteiger partial charge in [-0.25, -0.2) is 0 Å². The van der Waals surface area contributed by atoms with Gasteiger partial charge >= 0.3 is 5.97 Å². The summed E-state index contributed by atoms with van der Waals surface area (Å²) in [6.07, 6.45) is 11.2. The SMILES string of the molecule is CSCC(=O)[C@@]1(OC(C)=O)CC[C@H]2[C@@H]3CCC4=CC(=O)CC[C@]4(C)[C@H]3CC[C@@]21C. The minimum atomic E-state index is -0.961. The molecule has 0 aromatic rings. The number of fused-ring (bicyclic) bond motifs is 5. The molecule has 3 saturated carbocycles. The highest BCUT2D eigenvalue weighted by Gasteiger charge is 2.68.